The first-order valence-electron chi connectivity index (χ1n) is 5.01. The van der Waals surface area contributed by atoms with Crippen molar-refractivity contribution in [3.05, 3.63) is 0 Å². The molecule has 0 radical (unpaired) electrons. The van der Waals surface area contributed by atoms with Crippen LogP contribution in [0.3, 0.4) is 0 Å². The highest BCUT2D eigenvalue weighted by molar-refractivity contribution is 5.64. The van der Waals surface area contributed by atoms with Gasteiger partial charge in [0.2, 0.25) is 0 Å². The Balaban J connectivity index is 2.15. The molecule has 1 fully saturated rings. The van der Waals surface area contributed by atoms with Crippen molar-refractivity contribution in [2.45, 2.75) is 19.0 Å². The Labute approximate surface area is 91.0 Å². The van der Waals surface area contributed by atoms with Gasteiger partial charge >= 0.3 is 12.3 Å². The van der Waals surface area contributed by atoms with Gasteiger partial charge in [0.25, 0.3) is 0 Å². The van der Waals surface area contributed by atoms with Crippen molar-refractivity contribution in [2.75, 3.05) is 26.3 Å². The van der Waals surface area contributed by atoms with Crippen LogP contribution in [0.4, 0.5) is 18.0 Å². The lowest BCUT2D eigenvalue weighted by Crippen LogP contribution is -2.38. The highest BCUT2D eigenvalue weighted by Gasteiger charge is 2.29. The molecule has 1 N–H and O–H groups in total. The van der Waals surface area contributed by atoms with E-state index in [0.717, 1.165) is 0 Å². The smallest absolute Gasteiger partial charge is 0.411 e. The number of halogens is 3. The quantitative estimate of drug-likeness (QED) is 0.821. The maximum absolute atomic E-state index is 11.8. The summed E-state index contributed by atoms with van der Waals surface area (Å²) in [5.41, 5.74) is 0. The van der Waals surface area contributed by atoms with Crippen molar-refractivity contribution in [1.82, 2.24) is 4.90 Å². The second kappa shape index (κ2) is 5.38. The van der Waals surface area contributed by atoms with Gasteiger partial charge in [-0.25, -0.2) is 4.79 Å². The van der Waals surface area contributed by atoms with Crippen molar-refractivity contribution >= 4 is 6.09 Å². The fourth-order valence-electron chi connectivity index (χ4n) is 1.63. The van der Waals surface area contributed by atoms with Crippen molar-refractivity contribution in [1.29, 1.82) is 0 Å². The number of alkyl halides is 3. The van der Waals surface area contributed by atoms with Gasteiger partial charge in [0.15, 0.2) is 0 Å². The molecule has 1 rings (SSSR count). The van der Waals surface area contributed by atoms with Crippen LogP contribution in [0.1, 0.15) is 12.8 Å². The molecule has 0 saturated carbocycles. The van der Waals surface area contributed by atoms with Crippen LogP contribution in [0.15, 0.2) is 0 Å². The van der Waals surface area contributed by atoms with Crippen LogP contribution in [0.5, 0.6) is 0 Å². The van der Waals surface area contributed by atoms with Gasteiger partial charge in [-0.2, -0.15) is 13.2 Å². The molecule has 1 heterocycles. The number of hydrogen-bond acceptors (Lipinski definition) is 2. The van der Waals surface area contributed by atoms with Gasteiger partial charge in [0.05, 0.1) is 0 Å². The Bertz CT molecular complexity index is 237. The Morgan fingerprint density at radius 3 is 2.38 bits per heavy atom. The second-order valence-corrected chi connectivity index (χ2v) is 3.84. The Morgan fingerprint density at radius 1 is 1.38 bits per heavy atom. The summed E-state index contributed by atoms with van der Waals surface area (Å²) in [6, 6.07) is 0. The second-order valence-electron chi connectivity index (χ2n) is 3.84. The zero-order valence-corrected chi connectivity index (χ0v) is 8.66. The van der Waals surface area contributed by atoms with E-state index in [4.69, 9.17) is 5.11 Å². The molecule has 0 atom stereocenters. The lowest BCUT2D eigenvalue weighted by molar-refractivity contribution is -0.177. The van der Waals surface area contributed by atoms with Crippen molar-refractivity contribution in [3.63, 3.8) is 0 Å². The van der Waals surface area contributed by atoms with E-state index in [1.54, 1.807) is 0 Å². The van der Waals surface area contributed by atoms with Gasteiger partial charge in [0, 0.05) is 19.7 Å². The first-order valence-corrected chi connectivity index (χ1v) is 5.01. The zero-order chi connectivity index (χ0) is 12.2. The summed E-state index contributed by atoms with van der Waals surface area (Å²) in [4.78, 5) is 11.8. The molecular weight excluding hydrogens is 227 g/mol. The molecule has 0 bridgehead atoms. The average Bonchev–Trinajstić information content (AvgIpc) is 2.16. The lowest BCUT2D eigenvalue weighted by Gasteiger charge is -2.29. The van der Waals surface area contributed by atoms with E-state index >= 15 is 0 Å². The largest absolute Gasteiger partial charge is 0.465 e. The van der Waals surface area contributed by atoms with Crippen LogP contribution >= 0.6 is 0 Å². The molecule has 0 aromatic rings. The fraction of sp³-hybridized carbons (Fsp3) is 0.889. The van der Waals surface area contributed by atoms with E-state index in [1.807, 2.05) is 0 Å². The minimum Gasteiger partial charge on any atom is -0.465 e. The molecule has 1 aliphatic heterocycles. The molecule has 94 valence electrons. The first-order chi connectivity index (χ1) is 7.38. The number of amides is 1. The Hall–Kier alpha value is -0.980. The van der Waals surface area contributed by atoms with E-state index in [-0.39, 0.29) is 12.5 Å². The average molecular weight is 241 g/mol. The molecule has 0 aromatic carbocycles. The number of carbonyl (C=O) groups is 1. The number of hydrogen-bond donors (Lipinski definition) is 1. The van der Waals surface area contributed by atoms with E-state index in [1.165, 1.54) is 4.90 Å². The standard InChI is InChI=1S/C9H14F3NO3/c10-9(11,12)6-16-5-7-1-3-13(4-2-7)8(14)15/h7H,1-6H2,(H,14,15). The number of rotatable bonds is 3. The summed E-state index contributed by atoms with van der Waals surface area (Å²) < 4.78 is 39.8. The SMILES string of the molecule is O=C(O)N1CCC(COCC(F)(F)F)CC1. The van der Waals surface area contributed by atoms with Gasteiger partial charge < -0.3 is 14.7 Å². The highest BCUT2D eigenvalue weighted by atomic mass is 19.4. The van der Waals surface area contributed by atoms with Crippen molar-refractivity contribution < 1.29 is 27.8 Å². The van der Waals surface area contributed by atoms with Gasteiger partial charge in [0.1, 0.15) is 6.61 Å². The maximum atomic E-state index is 11.8. The van der Waals surface area contributed by atoms with Gasteiger partial charge in [-0.05, 0) is 18.8 Å². The summed E-state index contributed by atoms with van der Waals surface area (Å²) in [5, 5.41) is 8.65. The monoisotopic (exact) mass is 241 g/mol. The first kappa shape index (κ1) is 13.1. The number of carboxylic acid groups (broad SMARTS) is 1. The van der Waals surface area contributed by atoms with E-state index in [0.29, 0.717) is 25.9 Å². The summed E-state index contributed by atoms with van der Waals surface area (Å²) in [6.45, 7) is -0.441. The summed E-state index contributed by atoms with van der Waals surface area (Å²) in [7, 11) is 0. The van der Waals surface area contributed by atoms with Crippen LogP contribution in [0, 0.1) is 5.92 Å². The summed E-state index contributed by atoms with van der Waals surface area (Å²) in [5.74, 6) is 0.0259. The Kier molecular flexibility index (Phi) is 4.40. The summed E-state index contributed by atoms with van der Waals surface area (Å²) >= 11 is 0. The van der Waals surface area contributed by atoms with Crippen molar-refractivity contribution in [3.8, 4) is 0 Å². The topological polar surface area (TPSA) is 49.8 Å². The molecule has 16 heavy (non-hydrogen) atoms. The van der Waals surface area contributed by atoms with Gasteiger partial charge in [-0.1, -0.05) is 0 Å². The van der Waals surface area contributed by atoms with Gasteiger partial charge in [-0.3, -0.25) is 0 Å². The molecule has 0 aliphatic carbocycles. The summed E-state index contributed by atoms with van der Waals surface area (Å²) in [6.07, 6.45) is -4.15. The molecule has 0 spiro atoms. The maximum Gasteiger partial charge on any atom is 0.411 e. The third kappa shape index (κ3) is 4.69. The minimum absolute atomic E-state index is 0.0259. The van der Waals surface area contributed by atoms with E-state index in [9.17, 15) is 18.0 Å². The van der Waals surface area contributed by atoms with Crippen LogP contribution in [-0.2, 0) is 4.74 Å². The molecule has 4 nitrogen and oxygen atoms in total. The van der Waals surface area contributed by atoms with E-state index in [2.05, 4.69) is 4.74 Å². The fourth-order valence-corrected chi connectivity index (χ4v) is 1.63. The number of ether oxygens (including phenoxy) is 1. The van der Waals surface area contributed by atoms with Crippen LogP contribution in [-0.4, -0.2) is 48.6 Å². The number of likely N-dealkylation sites (tertiary alicyclic amines) is 1. The molecular formula is C9H14F3NO3. The van der Waals surface area contributed by atoms with E-state index < -0.39 is 18.9 Å². The van der Waals surface area contributed by atoms with Crippen LogP contribution in [0.2, 0.25) is 0 Å². The zero-order valence-electron chi connectivity index (χ0n) is 8.66. The molecule has 1 aliphatic rings. The highest BCUT2D eigenvalue weighted by Crippen LogP contribution is 2.19. The predicted molar refractivity (Wildman–Crippen MR) is 49.2 cm³/mol. The normalized spacial score (nSPS) is 18.8. The van der Waals surface area contributed by atoms with Gasteiger partial charge in [-0.15, -0.1) is 0 Å². The predicted octanol–water partition coefficient (Wildman–Crippen LogP) is 1.96. The minimum atomic E-state index is -4.29. The molecule has 0 aromatic heterocycles. The van der Waals surface area contributed by atoms with Crippen molar-refractivity contribution in [2.24, 2.45) is 5.92 Å². The lowest BCUT2D eigenvalue weighted by atomic mass is 9.98. The third-order valence-electron chi connectivity index (χ3n) is 2.50. The third-order valence-corrected chi connectivity index (χ3v) is 2.50. The Morgan fingerprint density at radius 2 is 1.94 bits per heavy atom. The molecule has 7 heteroatoms. The molecule has 0 unspecified atom stereocenters. The molecule has 1 amide bonds. The number of piperidine rings is 1. The number of nitrogens with zero attached hydrogens (tertiary/aromatic N) is 1. The molecule has 1 saturated heterocycles. The van der Waals surface area contributed by atoms with Crippen LogP contribution < -0.4 is 0 Å². The van der Waals surface area contributed by atoms with Crippen LogP contribution in [0.25, 0.3) is 0 Å².